The lowest BCUT2D eigenvalue weighted by atomic mass is 10.0. The average molecular weight is 487 g/mol. The van der Waals surface area contributed by atoms with Crippen LogP contribution in [0.5, 0.6) is 5.75 Å². The Morgan fingerprint density at radius 2 is 2.26 bits per heavy atom. The number of nitrogens with zero attached hydrogens (tertiary/aromatic N) is 2. The molecule has 1 aromatic heterocycles. The van der Waals surface area contributed by atoms with Crippen molar-refractivity contribution >= 4 is 17.2 Å². The van der Waals surface area contributed by atoms with Crippen LogP contribution in [0.2, 0.25) is 0 Å². The summed E-state index contributed by atoms with van der Waals surface area (Å²) in [5.41, 5.74) is 2.28. The Bertz CT molecular complexity index is 957. The van der Waals surface area contributed by atoms with Gasteiger partial charge in [-0.1, -0.05) is 18.1 Å². The van der Waals surface area contributed by atoms with E-state index in [1.54, 1.807) is 18.4 Å². The molecule has 1 amide bonds. The molecule has 2 heterocycles. The summed E-state index contributed by atoms with van der Waals surface area (Å²) in [4.78, 5) is 18.6. The number of thiophene rings is 1. The summed E-state index contributed by atoms with van der Waals surface area (Å²) in [6.45, 7) is 4.78. The fourth-order valence-electron chi connectivity index (χ4n) is 4.10. The van der Waals surface area contributed by atoms with Crippen LogP contribution in [0.1, 0.15) is 22.0 Å². The third-order valence-corrected chi connectivity index (χ3v) is 6.74. The molecule has 7 nitrogen and oxygen atoms in total. The first kappa shape index (κ1) is 26.2. The summed E-state index contributed by atoms with van der Waals surface area (Å²) < 4.78 is 16.6. The van der Waals surface area contributed by atoms with Gasteiger partial charge in [-0.15, -0.1) is 17.8 Å². The SMILES string of the molecule is C#CCOCC(O)CN(CCOC)CC(=O)N1CCc2sccc2C1COc1cccc(C)c1. The van der Waals surface area contributed by atoms with Crippen molar-refractivity contribution in [1.29, 1.82) is 0 Å². The van der Waals surface area contributed by atoms with Crippen LogP contribution in [0, 0.1) is 19.3 Å². The van der Waals surface area contributed by atoms with E-state index >= 15 is 0 Å². The largest absolute Gasteiger partial charge is 0.491 e. The molecule has 1 aliphatic rings. The predicted molar refractivity (Wildman–Crippen MR) is 133 cm³/mol. The maximum absolute atomic E-state index is 13.5. The molecule has 184 valence electrons. The fraction of sp³-hybridized carbons (Fsp3) is 0.500. The van der Waals surface area contributed by atoms with E-state index < -0.39 is 6.10 Å². The molecule has 0 saturated heterocycles. The van der Waals surface area contributed by atoms with Crippen molar-refractivity contribution in [3.8, 4) is 18.1 Å². The first-order valence-electron chi connectivity index (χ1n) is 11.5. The molecule has 0 aliphatic carbocycles. The van der Waals surface area contributed by atoms with E-state index in [0.717, 1.165) is 23.3 Å². The molecule has 1 aliphatic heterocycles. The zero-order chi connectivity index (χ0) is 24.3. The van der Waals surface area contributed by atoms with Crippen LogP contribution in [0.15, 0.2) is 35.7 Å². The average Bonchev–Trinajstić information content (AvgIpc) is 3.30. The number of carbonyl (C=O) groups excluding carboxylic acids is 1. The number of ether oxygens (including phenoxy) is 3. The highest BCUT2D eigenvalue weighted by Crippen LogP contribution is 2.34. The minimum absolute atomic E-state index is 0.00235. The molecule has 0 radical (unpaired) electrons. The maximum Gasteiger partial charge on any atom is 0.237 e. The van der Waals surface area contributed by atoms with E-state index in [4.69, 9.17) is 20.6 Å². The second-order valence-corrected chi connectivity index (χ2v) is 9.38. The molecule has 0 fully saturated rings. The number of aliphatic hydroxyl groups excluding tert-OH is 1. The summed E-state index contributed by atoms with van der Waals surface area (Å²) in [5, 5.41) is 12.4. The Kier molecular flexibility index (Phi) is 10.4. The summed E-state index contributed by atoms with van der Waals surface area (Å²) in [6.07, 6.45) is 5.28. The van der Waals surface area contributed by atoms with E-state index in [1.807, 2.05) is 41.0 Å². The molecule has 2 aromatic rings. The molecular weight excluding hydrogens is 452 g/mol. The van der Waals surface area contributed by atoms with Gasteiger partial charge >= 0.3 is 0 Å². The number of hydrogen-bond donors (Lipinski definition) is 1. The van der Waals surface area contributed by atoms with Crippen molar-refractivity contribution in [3.05, 3.63) is 51.7 Å². The number of terminal acetylenes is 1. The maximum atomic E-state index is 13.5. The minimum Gasteiger partial charge on any atom is -0.491 e. The van der Waals surface area contributed by atoms with Crippen LogP contribution in [-0.2, 0) is 20.7 Å². The first-order valence-corrected chi connectivity index (χ1v) is 12.4. The number of aliphatic hydroxyl groups is 1. The third kappa shape index (κ3) is 7.55. The van der Waals surface area contributed by atoms with Gasteiger partial charge in [-0.2, -0.15) is 0 Å². The van der Waals surface area contributed by atoms with Crippen molar-refractivity contribution in [2.45, 2.75) is 25.5 Å². The number of hydrogen-bond acceptors (Lipinski definition) is 7. The van der Waals surface area contributed by atoms with Gasteiger partial charge in [0.05, 0.1) is 31.9 Å². The number of methoxy groups -OCH3 is 1. The molecule has 0 spiro atoms. The number of carbonyl (C=O) groups is 1. The Morgan fingerprint density at radius 3 is 3.03 bits per heavy atom. The topological polar surface area (TPSA) is 71.5 Å². The lowest BCUT2D eigenvalue weighted by Gasteiger charge is -2.37. The highest BCUT2D eigenvalue weighted by molar-refractivity contribution is 7.10. The standard InChI is InChI=1S/C26H34N2O5S/c1-4-12-32-18-21(29)16-27(11-13-31-3)17-26(30)28-10-8-25-23(9-14-34-25)24(28)19-33-22-7-5-6-20(2)15-22/h1,5-7,9,14-15,21,24,29H,8,10-13,16-19H2,2-3H3. The van der Waals surface area contributed by atoms with Crippen LogP contribution in [0.4, 0.5) is 0 Å². The van der Waals surface area contributed by atoms with E-state index in [-0.39, 0.29) is 31.7 Å². The molecule has 0 bridgehead atoms. The van der Waals surface area contributed by atoms with E-state index in [1.165, 1.54) is 4.88 Å². The second kappa shape index (κ2) is 13.5. The lowest BCUT2D eigenvalue weighted by molar-refractivity contribution is -0.136. The quantitative estimate of drug-likeness (QED) is 0.347. The Morgan fingerprint density at radius 1 is 1.41 bits per heavy atom. The Balaban J connectivity index is 1.68. The molecule has 34 heavy (non-hydrogen) atoms. The van der Waals surface area contributed by atoms with Gasteiger partial charge in [0, 0.05) is 31.6 Å². The summed E-state index contributed by atoms with van der Waals surface area (Å²) in [6, 6.07) is 9.87. The Hall–Kier alpha value is -2.41. The van der Waals surface area contributed by atoms with Gasteiger partial charge in [-0.3, -0.25) is 9.69 Å². The van der Waals surface area contributed by atoms with Gasteiger partial charge in [-0.05, 0) is 48.1 Å². The summed E-state index contributed by atoms with van der Waals surface area (Å²) in [7, 11) is 1.62. The zero-order valence-electron chi connectivity index (χ0n) is 19.9. The normalized spacial score (nSPS) is 16.2. The molecule has 8 heteroatoms. The van der Waals surface area contributed by atoms with Crippen molar-refractivity contribution in [2.75, 3.05) is 59.7 Å². The van der Waals surface area contributed by atoms with Crippen molar-refractivity contribution in [3.63, 3.8) is 0 Å². The van der Waals surface area contributed by atoms with Gasteiger partial charge in [-0.25, -0.2) is 0 Å². The molecule has 0 saturated carbocycles. The van der Waals surface area contributed by atoms with Gasteiger partial charge in [0.2, 0.25) is 5.91 Å². The van der Waals surface area contributed by atoms with Crippen LogP contribution in [-0.4, -0.2) is 86.6 Å². The first-order chi connectivity index (χ1) is 16.5. The second-order valence-electron chi connectivity index (χ2n) is 8.38. The Labute approximate surface area is 206 Å². The monoisotopic (exact) mass is 486 g/mol. The minimum atomic E-state index is -0.747. The van der Waals surface area contributed by atoms with Gasteiger partial charge < -0.3 is 24.2 Å². The van der Waals surface area contributed by atoms with E-state index in [2.05, 4.69) is 17.4 Å². The van der Waals surface area contributed by atoms with Crippen molar-refractivity contribution < 1.29 is 24.1 Å². The summed E-state index contributed by atoms with van der Waals surface area (Å²) in [5.74, 6) is 3.18. The van der Waals surface area contributed by atoms with Crippen molar-refractivity contribution in [1.82, 2.24) is 9.80 Å². The number of benzene rings is 1. The predicted octanol–water partition coefficient (Wildman–Crippen LogP) is 2.52. The summed E-state index contributed by atoms with van der Waals surface area (Å²) >= 11 is 1.73. The van der Waals surface area contributed by atoms with Gasteiger partial charge in [0.15, 0.2) is 0 Å². The van der Waals surface area contributed by atoms with Gasteiger partial charge in [0.25, 0.3) is 0 Å². The number of fused-ring (bicyclic) bond motifs is 1. The zero-order valence-corrected chi connectivity index (χ0v) is 20.8. The van der Waals surface area contributed by atoms with Crippen LogP contribution < -0.4 is 4.74 Å². The van der Waals surface area contributed by atoms with Crippen LogP contribution in [0.3, 0.4) is 0 Å². The van der Waals surface area contributed by atoms with Crippen LogP contribution in [0.25, 0.3) is 0 Å². The highest BCUT2D eigenvalue weighted by atomic mass is 32.1. The molecule has 2 unspecified atom stereocenters. The number of rotatable bonds is 13. The number of aryl methyl sites for hydroxylation is 1. The fourth-order valence-corrected chi connectivity index (χ4v) is 5.03. The smallest absolute Gasteiger partial charge is 0.237 e. The third-order valence-electron chi connectivity index (χ3n) is 5.75. The molecular formula is C26H34N2O5S. The molecule has 2 atom stereocenters. The number of amides is 1. The van der Waals surface area contributed by atoms with Crippen molar-refractivity contribution in [2.24, 2.45) is 0 Å². The molecule has 3 rings (SSSR count). The molecule has 1 aromatic carbocycles. The van der Waals surface area contributed by atoms with E-state index in [0.29, 0.717) is 32.8 Å². The van der Waals surface area contributed by atoms with E-state index in [9.17, 15) is 9.90 Å². The highest BCUT2D eigenvalue weighted by Gasteiger charge is 2.33. The molecule has 1 N–H and O–H groups in total. The van der Waals surface area contributed by atoms with Crippen LogP contribution >= 0.6 is 11.3 Å². The van der Waals surface area contributed by atoms with Gasteiger partial charge in [0.1, 0.15) is 19.0 Å². The lowest BCUT2D eigenvalue weighted by Crippen LogP contribution is -2.48.